The average molecular weight is 516 g/mol. The van der Waals surface area contributed by atoms with E-state index in [1.165, 1.54) is 6.21 Å². The molecule has 3 aromatic rings. The number of aryl methyl sites for hydroxylation is 1. The van der Waals surface area contributed by atoms with E-state index in [1.807, 2.05) is 19.1 Å². The minimum absolute atomic E-state index is 0.308. The molecule has 0 bridgehead atoms. The average Bonchev–Trinajstić information content (AvgIpc) is 2.77. The first-order valence-electron chi connectivity index (χ1n) is 9.65. The number of hydrazone groups is 1. The molecule has 1 unspecified atom stereocenters. The van der Waals surface area contributed by atoms with Crippen molar-refractivity contribution in [3.05, 3.63) is 92.9 Å². The van der Waals surface area contributed by atoms with E-state index in [0.29, 0.717) is 27.6 Å². The molecule has 0 saturated carbocycles. The quantitative estimate of drug-likeness (QED) is 0.194. The van der Waals surface area contributed by atoms with Crippen LogP contribution in [0.25, 0.3) is 0 Å². The number of ether oxygens (including phenoxy) is 2. The molecule has 0 radical (unpaired) electrons. The standard InChI is InChI=1S/C24H20BrClN2O4/c1-15-3-5-17(6-4-15)24(30)32-22-12-7-19(25)13-18(22)14-27-28-23(29)16(2)31-21-10-8-20(26)9-11-21/h3-14,16H,1-2H3,(H,28,29). The number of hydrogen-bond donors (Lipinski definition) is 1. The second kappa shape index (κ2) is 10.9. The molecule has 0 aliphatic rings. The highest BCUT2D eigenvalue weighted by atomic mass is 79.9. The van der Waals surface area contributed by atoms with Gasteiger partial charge in [-0.05, 0) is 68.4 Å². The van der Waals surface area contributed by atoms with Crippen molar-refractivity contribution in [3.63, 3.8) is 0 Å². The largest absolute Gasteiger partial charge is 0.481 e. The first kappa shape index (κ1) is 23.5. The highest BCUT2D eigenvalue weighted by molar-refractivity contribution is 9.10. The van der Waals surface area contributed by atoms with E-state index in [4.69, 9.17) is 21.1 Å². The van der Waals surface area contributed by atoms with Gasteiger partial charge in [-0.3, -0.25) is 4.79 Å². The van der Waals surface area contributed by atoms with Crippen LogP contribution >= 0.6 is 27.5 Å². The number of nitrogens with one attached hydrogen (secondary N) is 1. The molecular formula is C24H20BrClN2O4. The number of amides is 1. The van der Waals surface area contributed by atoms with Crippen LogP contribution in [0.15, 0.2) is 76.3 Å². The molecule has 1 N–H and O–H groups in total. The lowest BCUT2D eigenvalue weighted by Gasteiger charge is -2.13. The third kappa shape index (κ3) is 6.67. The summed E-state index contributed by atoms with van der Waals surface area (Å²) in [5, 5.41) is 4.55. The van der Waals surface area contributed by atoms with Crippen molar-refractivity contribution in [1.29, 1.82) is 0 Å². The Morgan fingerprint density at radius 3 is 2.44 bits per heavy atom. The van der Waals surface area contributed by atoms with Gasteiger partial charge in [0.05, 0.1) is 11.8 Å². The summed E-state index contributed by atoms with van der Waals surface area (Å²) in [4.78, 5) is 24.7. The van der Waals surface area contributed by atoms with Crippen LogP contribution in [0.5, 0.6) is 11.5 Å². The highest BCUT2D eigenvalue weighted by Crippen LogP contribution is 2.23. The number of nitrogens with zero attached hydrogens (tertiary/aromatic N) is 1. The van der Waals surface area contributed by atoms with E-state index < -0.39 is 18.0 Å². The fourth-order valence-corrected chi connectivity index (χ4v) is 3.09. The fraction of sp³-hybridized carbons (Fsp3) is 0.125. The Morgan fingerprint density at radius 1 is 1.06 bits per heavy atom. The van der Waals surface area contributed by atoms with Crippen molar-refractivity contribution in [2.45, 2.75) is 20.0 Å². The first-order chi connectivity index (χ1) is 15.3. The smallest absolute Gasteiger partial charge is 0.343 e. The van der Waals surface area contributed by atoms with E-state index in [2.05, 4.69) is 26.5 Å². The number of rotatable bonds is 7. The van der Waals surface area contributed by atoms with Crippen LogP contribution in [0.3, 0.4) is 0 Å². The van der Waals surface area contributed by atoms with E-state index in [1.54, 1.807) is 61.5 Å². The molecule has 3 rings (SSSR count). The predicted molar refractivity (Wildman–Crippen MR) is 128 cm³/mol. The Balaban J connectivity index is 1.65. The van der Waals surface area contributed by atoms with Gasteiger partial charge in [-0.2, -0.15) is 5.10 Å². The van der Waals surface area contributed by atoms with Gasteiger partial charge in [0.2, 0.25) is 0 Å². The fourth-order valence-electron chi connectivity index (χ4n) is 2.59. The lowest BCUT2D eigenvalue weighted by Crippen LogP contribution is -2.33. The van der Waals surface area contributed by atoms with Crippen molar-refractivity contribution in [2.24, 2.45) is 5.10 Å². The van der Waals surface area contributed by atoms with E-state index in [0.717, 1.165) is 10.0 Å². The molecule has 0 aliphatic heterocycles. The van der Waals surface area contributed by atoms with Crippen LogP contribution in [0.1, 0.15) is 28.4 Å². The molecular weight excluding hydrogens is 496 g/mol. The number of hydrogen-bond acceptors (Lipinski definition) is 5. The summed E-state index contributed by atoms with van der Waals surface area (Å²) in [6.07, 6.45) is 0.616. The van der Waals surface area contributed by atoms with Gasteiger partial charge in [-0.1, -0.05) is 45.2 Å². The summed E-state index contributed by atoms with van der Waals surface area (Å²) in [5.41, 5.74) is 4.41. The Hall–Kier alpha value is -3.16. The minimum atomic E-state index is -0.783. The second-order valence-electron chi connectivity index (χ2n) is 6.89. The molecule has 0 aliphatic carbocycles. The lowest BCUT2D eigenvalue weighted by molar-refractivity contribution is -0.127. The van der Waals surface area contributed by atoms with Gasteiger partial charge in [-0.25, -0.2) is 10.2 Å². The molecule has 32 heavy (non-hydrogen) atoms. The number of halogens is 2. The minimum Gasteiger partial charge on any atom is -0.481 e. The van der Waals surface area contributed by atoms with Gasteiger partial charge in [0.25, 0.3) is 5.91 Å². The summed E-state index contributed by atoms with van der Waals surface area (Å²) >= 11 is 9.23. The summed E-state index contributed by atoms with van der Waals surface area (Å²) in [6, 6.07) is 18.9. The number of esters is 1. The van der Waals surface area contributed by atoms with Crippen molar-refractivity contribution in [1.82, 2.24) is 5.43 Å². The van der Waals surface area contributed by atoms with Crippen molar-refractivity contribution < 1.29 is 19.1 Å². The van der Waals surface area contributed by atoms with Crippen LogP contribution in [0, 0.1) is 6.92 Å². The van der Waals surface area contributed by atoms with Crippen LogP contribution in [0.2, 0.25) is 5.02 Å². The molecule has 0 spiro atoms. The monoisotopic (exact) mass is 514 g/mol. The van der Waals surface area contributed by atoms with Gasteiger partial charge in [0.1, 0.15) is 11.5 Å². The number of carbonyl (C=O) groups is 2. The Bertz CT molecular complexity index is 1130. The SMILES string of the molecule is Cc1ccc(C(=O)Oc2ccc(Br)cc2C=NNC(=O)C(C)Oc2ccc(Cl)cc2)cc1. The van der Waals surface area contributed by atoms with Gasteiger partial charge in [0, 0.05) is 15.1 Å². The second-order valence-corrected chi connectivity index (χ2v) is 8.24. The molecule has 6 nitrogen and oxygen atoms in total. The molecule has 1 atom stereocenters. The molecule has 0 fully saturated rings. The summed E-state index contributed by atoms with van der Waals surface area (Å²) in [7, 11) is 0. The molecule has 3 aromatic carbocycles. The van der Waals surface area contributed by atoms with Crippen LogP contribution < -0.4 is 14.9 Å². The van der Waals surface area contributed by atoms with Gasteiger partial charge in [-0.15, -0.1) is 0 Å². The Kier molecular flexibility index (Phi) is 8.03. The van der Waals surface area contributed by atoms with E-state index >= 15 is 0 Å². The van der Waals surface area contributed by atoms with Crippen LogP contribution in [-0.4, -0.2) is 24.2 Å². The van der Waals surface area contributed by atoms with Crippen LogP contribution in [0.4, 0.5) is 0 Å². The lowest BCUT2D eigenvalue weighted by atomic mass is 10.1. The summed E-state index contributed by atoms with van der Waals surface area (Å²) < 4.78 is 11.8. The molecule has 0 heterocycles. The molecule has 0 aromatic heterocycles. The van der Waals surface area contributed by atoms with Crippen molar-refractivity contribution >= 4 is 45.6 Å². The van der Waals surface area contributed by atoms with Gasteiger partial charge in [0.15, 0.2) is 6.10 Å². The van der Waals surface area contributed by atoms with Crippen LogP contribution in [-0.2, 0) is 4.79 Å². The van der Waals surface area contributed by atoms with Crippen molar-refractivity contribution in [2.75, 3.05) is 0 Å². The maximum atomic E-state index is 12.5. The maximum Gasteiger partial charge on any atom is 0.343 e. The van der Waals surface area contributed by atoms with E-state index in [9.17, 15) is 9.59 Å². The third-order valence-corrected chi connectivity index (χ3v) is 5.08. The third-order valence-electron chi connectivity index (χ3n) is 4.34. The van der Waals surface area contributed by atoms with Gasteiger partial charge >= 0.3 is 5.97 Å². The Labute approximate surface area is 199 Å². The predicted octanol–water partition coefficient (Wildman–Crippen LogP) is 5.55. The van der Waals surface area contributed by atoms with Crippen molar-refractivity contribution in [3.8, 4) is 11.5 Å². The molecule has 0 saturated heterocycles. The zero-order valence-corrected chi connectivity index (χ0v) is 19.7. The molecule has 164 valence electrons. The zero-order valence-electron chi connectivity index (χ0n) is 17.3. The highest BCUT2D eigenvalue weighted by Gasteiger charge is 2.15. The Morgan fingerprint density at radius 2 is 1.75 bits per heavy atom. The number of carbonyl (C=O) groups excluding carboxylic acids is 2. The summed E-state index contributed by atoms with van der Waals surface area (Å²) in [5.74, 6) is -0.110. The first-order valence-corrected chi connectivity index (χ1v) is 10.8. The zero-order chi connectivity index (χ0) is 23.1. The maximum absolute atomic E-state index is 12.5. The molecule has 1 amide bonds. The number of benzene rings is 3. The van der Waals surface area contributed by atoms with E-state index in [-0.39, 0.29) is 0 Å². The van der Waals surface area contributed by atoms with Gasteiger partial charge < -0.3 is 9.47 Å². The summed E-state index contributed by atoms with van der Waals surface area (Å²) in [6.45, 7) is 3.54. The molecule has 8 heteroatoms. The normalized spacial score (nSPS) is 11.8. The topological polar surface area (TPSA) is 77.0 Å².